The Hall–Kier alpha value is -1.00. The van der Waals surface area contributed by atoms with Gasteiger partial charge < -0.3 is 4.74 Å². The van der Waals surface area contributed by atoms with E-state index in [4.69, 9.17) is 4.74 Å². The average Bonchev–Trinajstić information content (AvgIpc) is 2.46. The first-order chi connectivity index (χ1) is 10.9. The van der Waals surface area contributed by atoms with Gasteiger partial charge in [-0.15, -0.1) is 0 Å². The molecule has 1 aliphatic rings. The van der Waals surface area contributed by atoms with Crippen molar-refractivity contribution in [2.24, 2.45) is 16.7 Å². The molecule has 1 saturated carbocycles. The maximum Gasteiger partial charge on any atom is 0.390 e. The zero-order valence-electron chi connectivity index (χ0n) is 15.8. The second-order valence-corrected chi connectivity index (χ2v) is 8.17. The first kappa shape index (κ1) is 21.0. The van der Waals surface area contributed by atoms with E-state index in [0.717, 1.165) is 25.7 Å². The molecule has 0 bridgehead atoms. The number of Topliss-reactive ketones (excluding diaryl/α,β-unsaturated/α-hetero) is 1. The molecule has 0 N–H and O–H groups in total. The van der Waals surface area contributed by atoms with Gasteiger partial charge in [0.2, 0.25) is 0 Å². The van der Waals surface area contributed by atoms with Gasteiger partial charge in [-0.25, -0.2) is 0 Å². The molecule has 140 valence electrons. The summed E-state index contributed by atoms with van der Waals surface area (Å²) in [5.74, 6) is 0.264. The topological polar surface area (TPSA) is 26.3 Å². The van der Waals surface area contributed by atoms with E-state index >= 15 is 0 Å². The summed E-state index contributed by atoms with van der Waals surface area (Å²) in [4.78, 5) is 12.8. The third-order valence-electron chi connectivity index (χ3n) is 5.56. The van der Waals surface area contributed by atoms with Crippen LogP contribution in [0.2, 0.25) is 0 Å². The fourth-order valence-corrected chi connectivity index (χ4v) is 3.66. The first-order valence-corrected chi connectivity index (χ1v) is 8.71. The Labute approximate surface area is 143 Å². The van der Waals surface area contributed by atoms with Gasteiger partial charge in [0.25, 0.3) is 0 Å². The lowest BCUT2D eigenvalue weighted by Gasteiger charge is -2.36. The quantitative estimate of drug-likeness (QED) is 0.431. The van der Waals surface area contributed by atoms with Crippen LogP contribution in [0.1, 0.15) is 73.1 Å². The molecule has 0 aliphatic heterocycles. The summed E-state index contributed by atoms with van der Waals surface area (Å²) in [5, 5.41) is 0. The van der Waals surface area contributed by atoms with Crippen molar-refractivity contribution >= 4 is 5.78 Å². The minimum Gasteiger partial charge on any atom is -0.500 e. The van der Waals surface area contributed by atoms with Gasteiger partial charge >= 0.3 is 6.18 Å². The number of hydrogen-bond donors (Lipinski definition) is 0. The summed E-state index contributed by atoms with van der Waals surface area (Å²) in [5.41, 5.74) is -0.794. The fourth-order valence-electron chi connectivity index (χ4n) is 3.66. The van der Waals surface area contributed by atoms with Crippen LogP contribution in [0.25, 0.3) is 0 Å². The lowest BCUT2D eigenvalue weighted by atomic mass is 9.71. The Bertz CT molecular complexity index is 481. The van der Waals surface area contributed by atoms with E-state index in [2.05, 4.69) is 13.8 Å². The molecule has 1 fully saturated rings. The molecule has 0 radical (unpaired) electrons. The van der Waals surface area contributed by atoms with Crippen LogP contribution in [0.3, 0.4) is 0 Å². The smallest absolute Gasteiger partial charge is 0.390 e. The highest BCUT2D eigenvalue weighted by Crippen LogP contribution is 2.43. The van der Waals surface area contributed by atoms with E-state index in [9.17, 15) is 18.0 Å². The van der Waals surface area contributed by atoms with Gasteiger partial charge in [-0.1, -0.05) is 27.7 Å². The number of halogens is 3. The molecular formula is C19H31F3O2. The Morgan fingerprint density at radius 3 is 2.08 bits per heavy atom. The summed E-state index contributed by atoms with van der Waals surface area (Å²) in [6.07, 6.45) is -1.44. The lowest BCUT2D eigenvalue weighted by Crippen LogP contribution is -2.34. The second kappa shape index (κ2) is 7.49. The standard InChI is InChI=1S/C19H31F3O2/c1-7-18(5,12-19(20,21)22)16(23)13(2)15(24-6)14-8-10-17(3,4)11-9-14/h14H,7-12H2,1-6H3/b15-13-. The Morgan fingerprint density at radius 2 is 1.71 bits per heavy atom. The van der Waals surface area contributed by atoms with Crippen LogP contribution in [0, 0.1) is 16.7 Å². The summed E-state index contributed by atoms with van der Waals surface area (Å²) in [6.45, 7) is 9.09. The highest BCUT2D eigenvalue weighted by atomic mass is 19.4. The Kier molecular flexibility index (Phi) is 6.56. The largest absolute Gasteiger partial charge is 0.500 e. The van der Waals surface area contributed by atoms with Crippen molar-refractivity contribution in [2.45, 2.75) is 79.3 Å². The minimum absolute atomic E-state index is 0.124. The van der Waals surface area contributed by atoms with Crippen molar-refractivity contribution in [3.63, 3.8) is 0 Å². The summed E-state index contributed by atoms with van der Waals surface area (Å²) >= 11 is 0. The van der Waals surface area contributed by atoms with E-state index in [1.807, 2.05) is 0 Å². The number of carbonyl (C=O) groups is 1. The fraction of sp³-hybridized carbons (Fsp3) is 0.842. The van der Waals surface area contributed by atoms with Crippen molar-refractivity contribution in [3.8, 4) is 0 Å². The van der Waals surface area contributed by atoms with Crippen molar-refractivity contribution in [3.05, 3.63) is 11.3 Å². The number of carbonyl (C=O) groups excluding carboxylic acids is 1. The third-order valence-corrected chi connectivity index (χ3v) is 5.56. The molecular weight excluding hydrogens is 317 g/mol. The van der Waals surface area contributed by atoms with E-state index in [1.54, 1.807) is 13.8 Å². The Balaban J connectivity index is 3.06. The molecule has 24 heavy (non-hydrogen) atoms. The van der Waals surface area contributed by atoms with Crippen LogP contribution in [0.4, 0.5) is 13.2 Å². The number of hydrogen-bond acceptors (Lipinski definition) is 2. The van der Waals surface area contributed by atoms with Gasteiger partial charge in [-0.2, -0.15) is 13.2 Å². The monoisotopic (exact) mass is 348 g/mol. The molecule has 0 saturated heterocycles. The third kappa shape index (κ3) is 5.25. The highest BCUT2D eigenvalue weighted by molar-refractivity contribution is 5.99. The lowest BCUT2D eigenvalue weighted by molar-refractivity contribution is -0.164. The van der Waals surface area contributed by atoms with E-state index < -0.39 is 23.8 Å². The van der Waals surface area contributed by atoms with Gasteiger partial charge in [0, 0.05) is 16.9 Å². The highest BCUT2D eigenvalue weighted by Gasteiger charge is 2.44. The molecule has 0 amide bonds. The van der Waals surface area contributed by atoms with Gasteiger partial charge in [-0.3, -0.25) is 4.79 Å². The van der Waals surface area contributed by atoms with Gasteiger partial charge in [-0.05, 0) is 44.4 Å². The van der Waals surface area contributed by atoms with Crippen LogP contribution in [0.15, 0.2) is 11.3 Å². The number of ether oxygens (including phenoxy) is 1. The molecule has 0 heterocycles. The van der Waals surface area contributed by atoms with Crippen molar-refractivity contribution in [2.75, 3.05) is 7.11 Å². The second-order valence-electron chi connectivity index (χ2n) is 8.17. The summed E-state index contributed by atoms with van der Waals surface area (Å²) in [6, 6.07) is 0. The number of rotatable bonds is 6. The van der Waals surface area contributed by atoms with Crippen molar-refractivity contribution in [1.82, 2.24) is 0 Å². The minimum atomic E-state index is -4.36. The van der Waals surface area contributed by atoms with Crippen LogP contribution in [-0.2, 0) is 9.53 Å². The molecule has 1 atom stereocenters. The number of methoxy groups -OCH3 is 1. The zero-order chi connectivity index (χ0) is 18.8. The van der Waals surface area contributed by atoms with Gasteiger partial charge in [0.1, 0.15) is 5.76 Å². The first-order valence-electron chi connectivity index (χ1n) is 8.71. The van der Waals surface area contributed by atoms with Gasteiger partial charge in [0.15, 0.2) is 5.78 Å². The van der Waals surface area contributed by atoms with E-state index in [-0.39, 0.29) is 17.8 Å². The molecule has 1 rings (SSSR count). The van der Waals surface area contributed by atoms with Crippen LogP contribution >= 0.6 is 0 Å². The molecule has 0 aromatic rings. The van der Waals surface area contributed by atoms with Gasteiger partial charge in [0.05, 0.1) is 13.5 Å². The SMILES string of the molecule is CCC(C)(CC(F)(F)F)C(=O)/C(C)=C(\OC)C1CCC(C)(C)CC1. The average molecular weight is 348 g/mol. The number of alkyl halides is 3. The number of allylic oxidation sites excluding steroid dienone is 2. The predicted octanol–water partition coefficient (Wildman–Crippen LogP) is 6.06. The predicted molar refractivity (Wildman–Crippen MR) is 89.5 cm³/mol. The summed E-state index contributed by atoms with van der Waals surface area (Å²) < 4.78 is 44.1. The maximum atomic E-state index is 12.9. The molecule has 0 aromatic heterocycles. The maximum absolute atomic E-state index is 12.9. The molecule has 1 aliphatic carbocycles. The summed E-state index contributed by atoms with van der Waals surface area (Å²) in [7, 11) is 1.51. The van der Waals surface area contributed by atoms with E-state index in [0.29, 0.717) is 11.3 Å². The van der Waals surface area contributed by atoms with Crippen molar-refractivity contribution in [1.29, 1.82) is 0 Å². The molecule has 2 nitrogen and oxygen atoms in total. The molecule has 0 aromatic carbocycles. The van der Waals surface area contributed by atoms with Crippen LogP contribution in [-0.4, -0.2) is 19.1 Å². The normalized spacial score (nSPS) is 22.5. The molecule has 1 unspecified atom stereocenters. The Morgan fingerprint density at radius 1 is 1.21 bits per heavy atom. The van der Waals surface area contributed by atoms with E-state index in [1.165, 1.54) is 14.0 Å². The van der Waals surface area contributed by atoms with Crippen LogP contribution < -0.4 is 0 Å². The van der Waals surface area contributed by atoms with Crippen LogP contribution in [0.5, 0.6) is 0 Å². The number of ketones is 1. The molecule has 0 spiro atoms. The zero-order valence-corrected chi connectivity index (χ0v) is 15.8. The molecule has 5 heteroatoms. The van der Waals surface area contributed by atoms with Crippen molar-refractivity contribution < 1.29 is 22.7 Å².